The van der Waals surface area contributed by atoms with E-state index >= 15 is 0 Å². The van der Waals surface area contributed by atoms with Gasteiger partial charge >= 0.3 is 0 Å². The van der Waals surface area contributed by atoms with Crippen molar-refractivity contribution in [3.63, 3.8) is 0 Å². The first-order valence-corrected chi connectivity index (χ1v) is 12.6. The molecule has 1 atom stereocenters. The van der Waals surface area contributed by atoms with Crippen molar-refractivity contribution in [2.24, 2.45) is 0 Å². The normalized spacial score (nSPS) is 16.7. The fraction of sp³-hybridized carbons (Fsp3) is 0.310. The Morgan fingerprint density at radius 1 is 1.08 bits per heavy atom. The molecule has 2 aliphatic rings. The maximum atomic E-state index is 14.0. The van der Waals surface area contributed by atoms with Crippen LogP contribution in [0.15, 0.2) is 67.0 Å². The summed E-state index contributed by atoms with van der Waals surface area (Å²) >= 11 is 0. The lowest BCUT2D eigenvalue weighted by molar-refractivity contribution is 0.0504. The van der Waals surface area contributed by atoms with Crippen LogP contribution in [0.25, 0.3) is 0 Å². The van der Waals surface area contributed by atoms with E-state index in [1.54, 1.807) is 59.8 Å². The Kier molecular flexibility index (Phi) is 7.28. The van der Waals surface area contributed by atoms with Crippen molar-refractivity contribution in [1.29, 1.82) is 0 Å². The third kappa shape index (κ3) is 5.24. The van der Waals surface area contributed by atoms with Crippen molar-refractivity contribution in [1.82, 2.24) is 14.8 Å². The molecular weight excluding hydrogens is 470 g/mol. The Hall–Kier alpha value is -4.04. The molecule has 3 heterocycles. The highest BCUT2D eigenvalue weighted by Gasteiger charge is 2.35. The average molecular weight is 500 g/mol. The average Bonchev–Trinajstić information content (AvgIpc) is 3.52. The molecule has 0 radical (unpaired) electrons. The van der Waals surface area contributed by atoms with Crippen molar-refractivity contribution in [2.45, 2.75) is 39.0 Å². The summed E-state index contributed by atoms with van der Waals surface area (Å²) in [4.78, 5) is 46.9. The molecule has 0 bridgehead atoms. The molecule has 1 saturated heterocycles. The van der Waals surface area contributed by atoms with Gasteiger partial charge in [-0.3, -0.25) is 24.3 Å². The predicted molar refractivity (Wildman–Crippen MR) is 136 cm³/mol. The number of amides is 3. The summed E-state index contributed by atoms with van der Waals surface area (Å²) < 4.78 is 11.6. The lowest BCUT2D eigenvalue weighted by Gasteiger charge is -2.27. The maximum absolute atomic E-state index is 14.0. The second-order valence-corrected chi connectivity index (χ2v) is 9.19. The molecule has 37 heavy (non-hydrogen) atoms. The van der Waals surface area contributed by atoms with Crippen molar-refractivity contribution >= 4 is 17.7 Å². The van der Waals surface area contributed by atoms with Crippen molar-refractivity contribution in [3.8, 4) is 5.75 Å². The van der Waals surface area contributed by atoms with E-state index in [-0.39, 0.29) is 30.4 Å². The van der Waals surface area contributed by atoms with Crippen LogP contribution in [0.3, 0.4) is 0 Å². The van der Waals surface area contributed by atoms with Crippen LogP contribution < -0.4 is 4.74 Å². The third-order valence-electron chi connectivity index (χ3n) is 6.62. The van der Waals surface area contributed by atoms with E-state index in [2.05, 4.69) is 4.98 Å². The third-order valence-corrected chi connectivity index (χ3v) is 6.62. The molecule has 0 aliphatic carbocycles. The predicted octanol–water partition coefficient (Wildman–Crippen LogP) is 4.10. The van der Waals surface area contributed by atoms with Gasteiger partial charge in [0.15, 0.2) is 0 Å². The number of imide groups is 1. The van der Waals surface area contributed by atoms with Crippen LogP contribution in [-0.2, 0) is 17.8 Å². The molecule has 8 nitrogen and oxygen atoms in total. The van der Waals surface area contributed by atoms with E-state index in [9.17, 15) is 14.4 Å². The van der Waals surface area contributed by atoms with Gasteiger partial charge in [-0.2, -0.15) is 0 Å². The number of ether oxygens (including phenoxy) is 2. The summed E-state index contributed by atoms with van der Waals surface area (Å²) in [6.45, 7) is 3.84. The topological polar surface area (TPSA) is 89.0 Å². The molecule has 1 unspecified atom stereocenters. The van der Waals surface area contributed by atoms with Gasteiger partial charge in [0.05, 0.1) is 35.9 Å². The van der Waals surface area contributed by atoms with Gasteiger partial charge in [-0.05, 0) is 61.2 Å². The molecule has 190 valence electrons. The molecule has 1 aromatic heterocycles. The molecule has 2 aromatic carbocycles. The first-order chi connectivity index (χ1) is 18.0. The van der Waals surface area contributed by atoms with Crippen LogP contribution in [0.5, 0.6) is 5.75 Å². The minimum Gasteiger partial charge on any atom is -0.493 e. The first-order valence-electron chi connectivity index (χ1n) is 12.6. The van der Waals surface area contributed by atoms with Gasteiger partial charge in [0.1, 0.15) is 5.75 Å². The minimum atomic E-state index is -0.334. The Morgan fingerprint density at radius 3 is 2.51 bits per heavy atom. The quantitative estimate of drug-likeness (QED) is 0.412. The van der Waals surface area contributed by atoms with Gasteiger partial charge < -0.3 is 14.4 Å². The number of fused-ring (bicyclic) bond motifs is 1. The number of hydrogen-bond donors (Lipinski definition) is 0. The van der Waals surface area contributed by atoms with Gasteiger partial charge in [0, 0.05) is 32.1 Å². The zero-order chi connectivity index (χ0) is 25.8. The molecule has 0 spiro atoms. The second-order valence-electron chi connectivity index (χ2n) is 9.19. The zero-order valence-corrected chi connectivity index (χ0v) is 20.8. The molecular formula is C29H29N3O5. The first kappa shape index (κ1) is 24.6. The summed E-state index contributed by atoms with van der Waals surface area (Å²) in [6.07, 6.45) is 5.29. The van der Waals surface area contributed by atoms with E-state index in [1.165, 1.54) is 4.90 Å². The SMILES string of the molecule is CCOc1ccc(CN2C(=O)c3ccccc3C2=O)cc1C(=O)N(Cc1cccnc1)CC1CCCO1. The largest absolute Gasteiger partial charge is 0.493 e. The lowest BCUT2D eigenvalue weighted by atomic mass is 10.1. The number of aromatic nitrogens is 1. The summed E-state index contributed by atoms with van der Waals surface area (Å²) in [5.74, 6) is -0.410. The van der Waals surface area contributed by atoms with Crippen LogP contribution in [0.2, 0.25) is 0 Å². The Bertz CT molecular complexity index is 1270. The van der Waals surface area contributed by atoms with Crippen LogP contribution >= 0.6 is 0 Å². The summed E-state index contributed by atoms with van der Waals surface area (Å²) in [7, 11) is 0. The van der Waals surface area contributed by atoms with Gasteiger partial charge in [0.2, 0.25) is 0 Å². The molecule has 2 aliphatic heterocycles. The lowest BCUT2D eigenvalue weighted by Crippen LogP contribution is -2.37. The highest BCUT2D eigenvalue weighted by atomic mass is 16.5. The summed E-state index contributed by atoms with van der Waals surface area (Å²) in [5.41, 5.74) is 2.76. The number of hydrogen-bond acceptors (Lipinski definition) is 6. The van der Waals surface area contributed by atoms with Gasteiger partial charge in [-0.25, -0.2) is 0 Å². The van der Waals surface area contributed by atoms with Crippen LogP contribution in [0, 0.1) is 0 Å². The highest BCUT2D eigenvalue weighted by molar-refractivity contribution is 6.21. The smallest absolute Gasteiger partial charge is 0.261 e. The van der Waals surface area contributed by atoms with Crippen LogP contribution in [0.4, 0.5) is 0 Å². The van der Waals surface area contributed by atoms with E-state index in [0.29, 0.717) is 54.3 Å². The second kappa shape index (κ2) is 10.9. The summed E-state index contributed by atoms with van der Waals surface area (Å²) in [6, 6.07) is 15.8. The number of carbonyl (C=O) groups excluding carboxylic acids is 3. The maximum Gasteiger partial charge on any atom is 0.261 e. The molecule has 1 fully saturated rings. The summed E-state index contributed by atoms with van der Waals surface area (Å²) in [5, 5.41) is 0. The van der Waals surface area contributed by atoms with E-state index in [0.717, 1.165) is 18.4 Å². The molecule has 3 aromatic rings. The Morgan fingerprint density at radius 2 is 1.86 bits per heavy atom. The van der Waals surface area contributed by atoms with Crippen LogP contribution in [0.1, 0.15) is 62.0 Å². The monoisotopic (exact) mass is 499 g/mol. The van der Waals surface area contributed by atoms with Crippen molar-refractivity contribution in [2.75, 3.05) is 19.8 Å². The zero-order valence-electron chi connectivity index (χ0n) is 20.8. The number of rotatable bonds is 9. The van der Waals surface area contributed by atoms with Gasteiger partial charge in [-0.1, -0.05) is 24.3 Å². The van der Waals surface area contributed by atoms with Crippen molar-refractivity contribution < 1.29 is 23.9 Å². The number of pyridine rings is 1. The molecule has 5 rings (SSSR count). The molecule has 0 N–H and O–H groups in total. The standard InChI is InChI=1S/C29H29N3O5/c1-2-36-26-12-11-20(18-32-28(34)23-9-3-4-10-24(23)29(32)35)15-25(26)27(33)31(19-22-8-6-14-37-22)17-21-7-5-13-30-16-21/h3-5,7,9-13,15-16,22H,2,6,8,14,17-19H2,1H3. The van der Waals surface area contributed by atoms with E-state index in [1.807, 2.05) is 19.1 Å². The molecule has 0 saturated carbocycles. The minimum absolute atomic E-state index is 0.0299. The van der Waals surface area contributed by atoms with E-state index < -0.39 is 0 Å². The Labute approximate surface area is 215 Å². The van der Waals surface area contributed by atoms with E-state index in [4.69, 9.17) is 9.47 Å². The van der Waals surface area contributed by atoms with Gasteiger partial charge in [-0.15, -0.1) is 0 Å². The number of benzene rings is 2. The molecule has 3 amide bonds. The van der Waals surface area contributed by atoms with Crippen LogP contribution in [-0.4, -0.2) is 58.4 Å². The molecule has 8 heteroatoms. The Balaban J connectivity index is 1.43. The number of nitrogens with zero attached hydrogens (tertiary/aromatic N) is 3. The highest BCUT2D eigenvalue weighted by Crippen LogP contribution is 2.28. The number of carbonyl (C=O) groups is 3. The van der Waals surface area contributed by atoms with Crippen molar-refractivity contribution in [3.05, 3.63) is 94.8 Å². The van der Waals surface area contributed by atoms with Gasteiger partial charge in [0.25, 0.3) is 17.7 Å². The fourth-order valence-electron chi connectivity index (χ4n) is 4.83. The fourth-order valence-corrected chi connectivity index (χ4v) is 4.83.